The molecule has 28 heavy (non-hydrogen) atoms. The van der Waals surface area contributed by atoms with Crippen LogP contribution in [0.4, 0.5) is 0 Å². The Bertz CT molecular complexity index is 1310. The van der Waals surface area contributed by atoms with Crippen molar-refractivity contribution >= 4 is 23.1 Å². The molecule has 0 radical (unpaired) electrons. The second kappa shape index (κ2) is 7.08. The number of nitrogens with one attached hydrogen (secondary N) is 1. The van der Waals surface area contributed by atoms with E-state index in [1.54, 1.807) is 47.6 Å². The van der Waals surface area contributed by atoms with Crippen molar-refractivity contribution < 1.29 is 0 Å². The van der Waals surface area contributed by atoms with E-state index in [4.69, 9.17) is 0 Å². The number of aromatic amines is 1. The Labute approximate surface area is 160 Å². The summed E-state index contributed by atoms with van der Waals surface area (Å²) in [6.07, 6.45) is 9.68. The molecule has 6 heteroatoms. The van der Waals surface area contributed by atoms with Crippen molar-refractivity contribution in [3.05, 3.63) is 98.2 Å². The van der Waals surface area contributed by atoms with Crippen LogP contribution in [0, 0.1) is 13.8 Å². The SMILES string of the molecule is Cc1cccc(C)c1-n1c(/C=C/c2c[nH]ccc2=O)nc2cnccc2c1=O. The van der Waals surface area contributed by atoms with Gasteiger partial charge in [-0.1, -0.05) is 18.2 Å². The molecular formula is C22H18N4O2. The van der Waals surface area contributed by atoms with Crippen LogP contribution in [-0.2, 0) is 0 Å². The molecule has 0 fully saturated rings. The number of pyridine rings is 2. The summed E-state index contributed by atoms with van der Waals surface area (Å²) in [5, 5.41) is 0.493. The predicted molar refractivity (Wildman–Crippen MR) is 111 cm³/mol. The molecule has 0 aliphatic heterocycles. The number of benzene rings is 1. The minimum Gasteiger partial charge on any atom is -0.367 e. The zero-order valence-electron chi connectivity index (χ0n) is 15.5. The second-order valence-corrected chi connectivity index (χ2v) is 6.54. The number of rotatable bonds is 3. The molecule has 1 aromatic carbocycles. The molecule has 6 nitrogen and oxygen atoms in total. The number of aromatic nitrogens is 4. The van der Waals surface area contributed by atoms with Gasteiger partial charge in [0.2, 0.25) is 0 Å². The van der Waals surface area contributed by atoms with Crippen molar-refractivity contribution in [2.75, 3.05) is 0 Å². The van der Waals surface area contributed by atoms with Crippen LogP contribution in [0.5, 0.6) is 0 Å². The Morgan fingerprint density at radius 2 is 1.82 bits per heavy atom. The van der Waals surface area contributed by atoms with Crippen molar-refractivity contribution in [3.8, 4) is 5.69 Å². The smallest absolute Gasteiger partial charge is 0.266 e. The molecule has 4 aromatic rings. The molecule has 3 aromatic heterocycles. The van der Waals surface area contributed by atoms with Gasteiger partial charge < -0.3 is 4.98 Å². The monoisotopic (exact) mass is 370 g/mol. The van der Waals surface area contributed by atoms with Crippen LogP contribution in [-0.4, -0.2) is 19.5 Å². The lowest BCUT2D eigenvalue weighted by atomic mass is 10.1. The maximum absolute atomic E-state index is 13.3. The van der Waals surface area contributed by atoms with Crippen LogP contribution in [0.25, 0.3) is 28.7 Å². The maximum Gasteiger partial charge on any atom is 0.266 e. The highest BCUT2D eigenvalue weighted by Crippen LogP contribution is 2.21. The lowest BCUT2D eigenvalue weighted by Crippen LogP contribution is -2.24. The summed E-state index contributed by atoms with van der Waals surface area (Å²) in [5.41, 5.74) is 3.42. The highest BCUT2D eigenvalue weighted by molar-refractivity contribution is 5.79. The Morgan fingerprint density at radius 1 is 1.04 bits per heavy atom. The number of H-pyrrole nitrogens is 1. The van der Waals surface area contributed by atoms with Crippen LogP contribution in [0.15, 0.2) is 64.7 Å². The molecule has 4 rings (SSSR count). The Morgan fingerprint density at radius 3 is 2.57 bits per heavy atom. The number of hydrogen-bond donors (Lipinski definition) is 1. The summed E-state index contributed by atoms with van der Waals surface area (Å²) < 4.78 is 1.60. The van der Waals surface area contributed by atoms with Gasteiger partial charge in [-0.2, -0.15) is 0 Å². The average molecular weight is 370 g/mol. The van der Waals surface area contributed by atoms with Gasteiger partial charge in [0, 0.05) is 30.2 Å². The number of nitrogens with zero attached hydrogens (tertiary/aromatic N) is 3. The zero-order valence-corrected chi connectivity index (χ0v) is 15.5. The lowest BCUT2D eigenvalue weighted by Gasteiger charge is -2.16. The number of hydrogen-bond acceptors (Lipinski definition) is 4. The van der Waals surface area contributed by atoms with Crippen molar-refractivity contribution in [2.45, 2.75) is 13.8 Å². The zero-order chi connectivity index (χ0) is 19.7. The van der Waals surface area contributed by atoms with Gasteiger partial charge in [0.05, 0.1) is 22.8 Å². The molecule has 0 spiro atoms. The van der Waals surface area contributed by atoms with Crippen molar-refractivity contribution in [1.82, 2.24) is 19.5 Å². The van der Waals surface area contributed by atoms with Crippen molar-refractivity contribution in [1.29, 1.82) is 0 Å². The predicted octanol–water partition coefficient (Wildman–Crippen LogP) is 3.26. The normalized spacial score (nSPS) is 11.4. The highest BCUT2D eigenvalue weighted by Gasteiger charge is 2.14. The molecule has 0 aliphatic carbocycles. The van der Waals surface area contributed by atoms with E-state index in [2.05, 4.69) is 15.0 Å². The largest absolute Gasteiger partial charge is 0.367 e. The van der Waals surface area contributed by atoms with E-state index >= 15 is 0 Å². The second-order valence-electron chi connectivity index (χ2n) is 6.54. The fraction of sp³-hybridized carbons (Fsp3) is 0.0909. The topological polar surface area (TPSA) is 80.6 Å². The van der Waals surface area contributed by atoms with E-state index in [0.29, 0.717) is 22.3 Å². The fourth-order valence-corrected chi connectivity index (χ4v) is 3.26. The number of fused-ring (bicyclic) bond motifs is 1. The summed E-state index contributed by atoms with van der Waals surface area (Å²) in [5.74, 6) is 0.436. The number of aryl methyl sites for hydroxylation is 2. The third-order valence-corrected chi connectivity index (χ3v) is 4.63. The quantitative estimate of drug-likeness (QED) is 0.600. The van der Waals surface area contributed by atoms with E-state index < -0.39 is 0 Å². The molecule has 0 bridgehead atoms. The van der Waals surface area contributed by atoms with Crippen LogP contribution in [0.2, 0.25) is 0 Å². The molecule has 0 saturated carbocycles. The van der Waals surface area contributed by atoms with Gasteiger partial charge in [-0.05, 0) is 43.2 Å². The minimum absolute atomic E-state index is 0.113. The summed E-state index contributed by atoms with van der Waals surface area (Å²) >= 11 is 0. The molecule has 1 N–H and O–H groups in total. The van der Waals surface area contributed by atoms with Gasteiger partial charge in [-0.3, -0.25) is 19.1 Å². The maximum atomic E-state index is 13.3. The summed E-state index contributed by atoms with van der Waals surface area (Å²) in [6, 6.07) is 9.00. The molecular weight excluding hydrogens is 352 g/mol. The number of para-hydroxylation sites is 1. The van der Waals surface area contributed by atoms with E-state index in [1.807, 2.05) is 32.0 Å². The van der Waals surface area contributed by atoms with E-state index in [9.17, 15) is 9.59 Å². The molecule has 0 saturated heterocycles. The minimum atomic E-state index is -0.175. The molecule has 3 heterocycles. The van der Waals surface area contributed by atoms with Crippen LogP contribution < -0.4 is 11.0 Å². The van der Waals surface area contributed by atoms with Crippen molar-refractivity contribution in [3.63, 3.8) is 0 Å². The lowest BCUT2D eigenvalue weighted by molar-refractivity contribution is 0.923. The fourth-order valence-electron chi connectivity index (χ4n) is 3.26. The first-order chi connectivity index (χ1) is 13.6. The van der Waals surface area contributed by atoms with Gasteiger partial charge in [-0.15, -0.1) is 0 Å². The highest BCUT2D eigenvalue weighted by atomic mass is 16.1. The summed E-state index contributed by atoms with van der Waals surface area (Å²) in [6.45, 7) is 3.92. The summed E-state index contributed by atoms with van der Waals surface area (Å²) in [4.78, 5) is 36.9. The Hall–Kier alpha value is -3.80. The van der Waals surface area contributed by atoms with E-state index in [1.165, 1.54) is 6.07 Å². The molecule has 138 valence electrons. The molecule has 0 unspecified atom stereocenters. The Kier molecular flexibility index (Phi) is 4.45. The summed E-state index contributed by atoms with van der Waals surface area (Å²) in [7, 11) is 0. The van der Waals surface area contributed by atoms with E-state index in [0.717, 1.165) is 16.8 Å². The first kappa shape index (κ1) is 17.6. The van der Waals surface area contributed by atoms with E-state index in [-0.39, 0.29) is 11.0 Å². The van der Waals surface area contributed by atoms with Crippen LogP contribution >= 0.6 is 0 Å². The average Bonchev–Trinajstić information content (AvgIpc) is 2.69. The molecule has 0 atom stereocenters. The van der Waals surface area contributed by atoms with Gasteiger partial charge in [0.1, 0.15) is 5.82 Å². The van der Waals surface area contributed by atoms with Gasteiger partial charge >= 0.3 is 0 Å². The van der Waals surface area contributed by atoms with Crippen LogP contribution in [0.3, 0.4) is 0 Å². The van der Waals surface area contributed by atoms with Crippen LogP contribution in [0.1, 0.15) is 22.5 Å². The standard InChI is InChI=1S/C22H18N4O2/c1-14-4-3-5-15(2)21(14)26-20(7-6-16-12-23-11-9-19(16)27)25-18-13-24-10-8-17(18)22(26)28/h3-13H,1-2H3,(H,23,27)/b7-6+. The van der Waals surface area contributed by atoms with Crippen molar-refractivity contribution in [2.24, 2.45) is 0 Å². The third kappa shape index (κ3) is 3.05. The van der Waals surface area contributed by atoms with Gasteiger partial charge in [-0.25, -0.2) is 4.98 Å². The third-order valence-electron chi connectivity index (χ3n) is 4.63. The molecule has 0 amide bonds. The molecule has 0 aliphatic rings. The first-order valence-electron chi connectivity index (χ1n) is 8.85. The van der Waals surface area contributed by atoms with Gasteiger partial charge in [0.25, 0.3) is 5.56 Å². The van der Waals surface area contributed by atoms with Gasteiger partial charge in [0.15, 0.2) is 5.43 Å². The Balaban J connectivity index is 2.04. The first-order valence-corrected chi connectivity index (χ1v) is 8.85.